The lowest BCUT2D eigenvalue weighted by Crippen LogP contribution is -2.47. The third kappa shape index (κ3) is 6.91. The average molecular weight is 490 g/mol. The maximum Gasteiger partial charge on any atom is 0.348 e. The van der Waals surface area contributed by atoms with E-state index in [2.05, 4.69) is 10.0 Å². The van der Waals surface area contributed by atoms with Crippen molar-refractivity contribution < 1.29 is 32.3 Å². The summed E-state index contributed by atoms with van der Waals surface area (Å²) in [5, 5.41) is 3.00. The van der Waals surface area contributed by atoms with Gasteiger partial charge in [0.25, 0.3) is 0 Å². The molecule has 32 heavy (non-hydrogen) atoms. The number of carbonyl (C=O) groups excluding carboxylic acids is 3. The normalized spacial score (nSPS) is 16.5. The van der Waals surface area contributed by atoms with Crippen LogP contribution >= 0.6 is 11.3 Å². The van der Waals surface area contributed by atoms with E-state index in [4.69, 9.17) is 9.47 Å². The second kappa shape index (κ2) is 11.6. The van der Waals surface area contributed by atoms with Crippen molar-refractivity contribution in [3.8, 4) is 0 Å². The monoisotopic (exact) mass is 489 g/mol. The van der Waals surface area contributed by atoms with Crippen molar-refractivity contribution in [1.29, 1.82) is 0 Å². The lowest BCUT2D eigenvalue weighted by molar-refractivity contribution is 0.0527. The maximum absolute atomic E-state index is 13.1. The van der Waals surface area contributed by atoms with Gasteiger partial charge in [0.05, 0.1) is 25.0 Å². The molecule has 2 rings (SSSR count). The Bertz CT molecular complexity index is 943. The third-order valence-electron chi connectivity index (χ3n) is 5.04. The van der Waals surface area contributed by atoms with E-state index in [0.29, 0.717) is 18.5 Å². The molecule has 2 heterocycles. The SMILES string of the molecule is CCOC(=O)c1sc(NC(=O)N2CCCC[C@H]2CCNS(C)(=O)=O)c(C(=O)OCC)c1C. The number of anilines is 1. The lowest BCUT2D eigenvalue weighted by atomic mass is 10.00. The average Bonchev–Trinajstić information content (AvgIpc) is 3.03. The summed E-state index contributed by atoms with van der Waals surface area (Å²) in [4.78, 5) is 39.8. The van der Waals surface area contributed by atoms with Gasteiger partial charge in [-0.15, -0.1) is 11.3 Å². The van der Waals surface area contributed by atoms with Crippen LogP contribution in [-0.2, 0) is 19.5 Å². The van der Waals surface area contributed by atoms with Crippen LogP contribution in [0, 0.1) is 6.92 Å². The summed E-state index contributed by atoms with van der Waals surface area (Å²) >= 11 is 0.978. The quantitative estimate of drug-likeness (QED) is 0.510. The number of amides is 2. The Hall–Kier alpha value is -2.18. The Balaban J connectivity index is 2.24. The van der Waals surface area contributed by atoms with Crippen molar-refractivity contribution in [2.24, 2.45) is 0 Å². The first kappa shape index (κ1) is 26.1. The van der Waals surface area contributed by atoms with E-state index in [0.717, 1.165) is 36.9 Å². The Kier molecular flexibility index (Phi) is 9.47. The van der Waals surface area contributed by atoms with Crippen LogP contribution in [0.15, 0.2) is 0 Å². The Morgan fingerprint density at radius 1 is 1.12 bits per heavy atom. The zero-order valence-corrected chi connectivity index (χ0v) is 20.5. The van der Waals surface area contributed by atoms with Crippen molar-refractivity contribution in [2.45, 2.75) is 52.5 Å². The van der Waals surface area contributed by atoms with E-state index in [-0.39, 0.29) is 41.2 Å². The smallest absolute Gasteiger partial charge is 0.348 e. The fourth-order valence-electron chi connectivity index (χ4n) is 3.59. The molecule has 2 N–H and O–H groups in total. The number of nitrogens with one attached hydrogen (secondary N) is 2. The molecule has 2 amide bonds. The van der Waals surface area contributed by atoms with E-state index in [9.17, 15) is 22.8 Å². The molecule has 0 radical (unpaired) electrons. The van der Waals surface area contributed by atoms with Gasteiger partial charge in [-0.1, -0.05) is 0 Å². The zero-order valence-electron chi connectivity index (χ0n) is 18.9. The van der Waals surface area contributed by atoms with Gasteiger partial charge in [-0.3, -0.25) is 5.32 Å². The summed E-state index contributed by atoms with van der Waals surface area (Å²) in [6, 6.07) is -0.550. The van der Waals surface area contributed by atoms with Crippen LogP contribution in [0.2, 0.25) is 0 Å². The van der Waals surface area contributed by atoms with Gasteiger partial charge in [0.15, 0.2) is 0 Å². The minimum atomic E-state index is -3.31. The van der Waals surface area contributed by atoms with Crippen molar-refractivity contribution >= 4 is 44.3 Å². The second-order valence-electron chi connectivity index (χ2n) is 7.43. The van der Waals surface area contributed by atoms with Crippen LogP contribution in [0.3, 0.4) is 0 Å². The molecule has 0 unspecified atom stereocenters. The summed E-state index contributed by atoms with van der Waals surface area (Å²) < 4.78 is 35.3. The van der Waals surface area contributed by atoms with Gasteiger partial charge < -0.3 is 14.4 Å². The molecular weight excluding hydrogens is 458 g/mol. The van der Waals surface area contributed by atoms with Crippen molar-refractivity contribution in [2.75, 3.05) is 37.9 Å². The number of sulfonamides is 1. The number of thiophene rings is 1. The number of rotatable bonds is 9. The highest BCUT2D eigenvalue weighted by atomic mass is 32.2. The summed E-state index contributed by atoms with van der Waals surface area (Å²) in [7, 11) is -3.31. The third-order valence-corrected chi connectivity index (χ3v) is 6.95. The highest BCUT2D eigenvalue weighted by Crippen LogP contribution is 2.35. The molecular formula is C20H31N3O7S2. The number of ether oxygens (including phenoxy) is 2. The van der Waals surface area contributed by atoms with Crippen LogP contribution in [0.25, 0.3) is 0 Å². The first-order chi connectivity index (χ1) is 15.1. The molecule has 10 nitrogen and oxygen atoms in total. The molecule has 0 saturated carbocycles. The van der Waals surface area contributed by atoms with Gasteiger partial charge in [0.2, 0.25) is 10.0 Å². The van der Waals surface area contributed by atoms with Crippen LogP contribution < -0.4 is 10.0 Å². The summed E-state index contributed by atoms with van der Waals surface area (Å²) in [6.45, 7) is 6.05. The van der Waals surface area contributed by atoms with Gasteiger partial charge in [-0.25, -0.2) is 27.5 Å². The Morgan fingerprint density at radius 3 is 2.41 bits per heavy atom. The number of urea groups is 1. The Morgan fingerprint density at radius 2 is 1.78 bits per heavy atom. The molecule has 0 aliphatic carbocycles. The summed E-state index contributed by atoms with van der Waals surface area (Å²) in [5.74, 6) is -1.19. The minimum absolute atomic E-state index is 0.139. The summed E-state index contributed by atoms with van der Waals surface area (Å²) in [6.07, 6.45) is 4.08. The molecule has 1 aromatic rings. The first-order valence-electron chi connectivity index (χ1n) is 10.6. The molecule has 1 saturated heterocycles. The molecule has 1 aromatic heterocycles. The molecule has 1 aliphatic heterocycles. The van der Waals surface area contributed by atoms with E-state index in [1.807, 2.05) is 0 Å². The number of carbonyl (C=O) groups is 3. The molecule has 1 fully saturated rings. The van der Waals surface area contributed by atoms with Gasteiger partial charge in [0.1, 0.15) is 9.88 Å². The number of piperidine rings is 1. The Labute approximate surface area is 192 Å². The number of nitrogens with zero attached hydrogens (tertiary/aromatic N) is 1. The molecule has 0 spiro atoms. The van der Waals surface area contributed by atoms with Crippen molar-refractivity contribution in [1.82, 2.24) is 9.62 Å². The molecule has 1 atom stereocenters. The predicted octanol–water partition coefficient (Wildman–Crippen LogP) is 2.74. The van der Waals surface area contributed by atoms with E-state index >= 15 is 0 Å². The van der Waals surface area contributed by atoms with Crippen LogP contribution in [0.4, 0.5) is 9.80 Å². The highest BCUT2D eigenvalue weighted by Gasteiger charge is 2.31. The van der Waals surface area contributed by atoms with Crippen LogP contribution in [0.5, 0.6) is 0 Å². The molecule has 1 aliphatic rings. The number of esters is 2. The molecule has 0 aromatic carbocycles. The largest absolute Gasteiger partial charge is 0.462 e. The molecule has 180 valence electrons. The minimum Gasteiger partial charge on any atom is -0.462 e. The number of hydrogen-bond donors (Lipinski definition) is 2. The number of hydrogen-bond acceptors (Lipinski definition) is 8. The van der Waals surface area contributed by atoms with E-state index in [1.54, 1.807) is 25.7 Å². The summed E-state index contributed by atoms with van der Waals surface area (Å²) in [5.41, 5.74) is 0.537. The van der Waals surface area contributed by atoms with Crippen molar-refractivity contribution in [3.63, 3.8) is 0 Å². The van der Waals surface area contributed by atoms with Crippen molar-refractivity contribution in [3.05, 3.63) is 16.0 Å². The van der Waals surface area contributed by atoms with Gasteiger partial charge in [-0.2, -0.15) is 0 Å². The van der Waals surface area contributed by atoms with Crippen LogP contribution in [0.1, 0.15) is 65.1 Å². The van der Waals surface area contributed by atoms with Crippen LogP contribution in [-0.4, -0.2) is 69.9 Å². The van der Waals surface area contributed by atoms with Gasteiger partial charge >= 0.3 is 18.0 Å². The standard InChI is InChI=1S/C20H31N3O7S2/c1-5-29-18(24)15-13(3)16(19(25)30-6-2)31-17(15)22-20(26)23-12-8-7-9-14(23)10-11-21-32(4,27)28/h14,21H,5-12H2,1-4H3,(H,22,26)/t14-/m0/s1. The second-order valence-corrected chi connectivity index (χ2v) is 10.3. The highest BCUT2D eigenvalue weighted by molar-refractivity contribution is 7.88. The van der Waals surface area contributed by atoms with Gasteiger partial charge in [-0.05, 0) is 52.0 Å². The predicted molar refractivity (Wildman–Crippen MR) is 122 cm³/mol. The van der Waals surface area contributed by atoms with E-state index < -0.39 is 28.0 Å². The zero-order chi connectivity index (χ0) is 23.9. The fourth-order valence-corrected chi connectivity index (χ4v) is 5.16. The maximum atomic E-state index is 13.1. The fraction of sp³-hybridized carbons (Fsp3) is 0.650. The van der Waals surface area contributed by atoms with Gasteiger partial charge in [0, 0.05) is 19.1 Å². The topological polar surface area (TPSA) is 131 Å². The molecule has 0 bridgehead atoms. The van der Waals surface area contributed by atoms with E-state index in [1.165, 1.54) is 0 Å². The first-order valence-corrected chi connectivity index (χ1v) is 13.3. The number of likely N-dealkylation sites (tertiary alicyclic amines) is 1. The molecule has 12 heteroatoms. The lowest BCUT2D eigenvalue weighted by Gasteiger charge is -2.35.